The van der Waals surface area contributed by atoms with Crippen LogP contribution in [0.1, 0.15) is 5.56 Å². The molecule has 0 aromatic heterocycles. The molecule has 10 heteroatoms. The van der Waals surface area contributed by atoms with E-state index in [1.807, 2.05) is 0 Å². The van der Waals surface area contributed by atoms with Gasteiger partial charge in [-0.15, -0.1) is 0 Å². The number of aliphatic carboxylic acids is 1. The zero-order valence-electron chi connectivity index (χ0n) is 10.1. The zero-order valence-corrected chi connectivity index (χ0v) is 10.9. The summed E-state index contributed by atoms with van der Waals surface area (Å²) in [5, 5.41) is 28.2. The van der Waals surface area contributed by atoms with E-state index in [1.165, 1.54) is 18.2 Å². The van der Waals surface area contributed by atoms with Gasteiger partial charge in [0.05, 0.1) is 17.3 Å². The Morgan fingerprint density at radius 2 is 2.00 bits per heavy atom. The quantitative estimate of drug-likeness (QED) is 0.452. The van der Waals surface area contributed by atoms with Gasteiger partial charge < -0.3 is 10.2 Å². The fraction of sp³-hybridized carbons (Fsp3) is 0.300. The highest BCUT2D eigenvalue weighted by Crippen LogP contribution is 2.19. The molecule has 0 radical (unpaired) electrons. The highest BCUT2D eigenvalue weighted by Gasteiger charge is 2.25. The number of carboxylic acid groups (broad SMARTS) is 1. The average Bonchev–Trinajstić information content (AvgIpc) is 2.35. The molecule has 1 rings (SSSR count). The first kappa shape index (κ1) is 16.0. The molecule has 0 fully saturated rings. The minimum absolute atomic E-state index is 0.0768. The van der Waals surface area contributed by atoms with Gasteiger partial charge in [0, 0.05) is 11.6 Å². The summed E-state index contributed by atoms with van der Waals surface area (Å²) in [7, 11) is -4.14. The summed E-state index contributed by atoms with van der Waals surface area (Å²) in [6.45, 7) is -0.925. The molecule has 0 saturated carbocycles. The number of carbonyl (C=O) groups is 1. The molecule has 0 amide bonds. The van der Waals surface area contributed by atoms with Gasteiger partial charge in [-0.25, -0.2) is 8.42 Å². The third-order valence-electron chi connectivity index (χ3n) is 2.34. The van der Waals surface area contributed by atoms with Crippen molar-refractivity contribution in [1.82, 2.24) is 4.72 Å². The maximum absolute atomic E-state index is 11.7. The van der Waals surface area contributed by atoms with E-state index in [4.69, 9.17) is 10.2 Å². The molecule has 0 aliphatic carbocycles. The van der Waals surface area contributed by atoms with E-state index in [2.05, 4.69) is 0 Å². The third-order valence-corrected chi connectivity index (χ3v) is 3.67. The fourth-order valence-electron chi connectivity index (χ4n) is 1.44. The number of hydrogen-bond acceptors (Lipinski definition) is 6. The molecular weight excluding hydrogens is 292 g/mol. The molecule has 20 heavy (non-hydrogen) atoms. The van der Waals surface area contributed by atoms with Gasteiger partial charge in [-0.3, -0.25) is 14.9 Å². The maximum atomic E-state index is 11.7. The van der Waals surface area contributed by atoms with Crippen LogP contribution < -0.4 is 4.72 Å². The van der Waals surface area contributed by atoms with E-state index in [-0.39, 0.29) is 11.3 Å². The second-order valence-corrected chi connectivity index (χ2v) is 5.59. The third kappa shape index (κ3) is 4.26. The van der Waals surface area contributed by atoms with Crippen LogP contribution in [0.3, 0.4) is 0 Å². The lowest BCUT2D eigenvalue weighted by atomic mass is 10.2. The lowest BCUT2D eigenvalue weighted by Crippen LogP contribution is -2.43. The summed E-state index contributed by atoms with van der Waals surface area (Å²) < 4.78 is 25.2. The number of nitrogens with one attached hydrogen (secondary N) is 1. The molecule has 3 N–H and O–H groups in total. The van der Waals surface area contributed by atoms with Crippen LogP contribution in [0.4, 0.5) is 5.69 Å². The first-order chi connectivity index (χ1) is 9.26. The van der Waals surface area contributed by atoms with E-state index < -0.39 is 39.3 Å². The van der Waals surface area contributed by atoms with Crippen LogP contribution in [-0.2, 0) is 20.6 Å². The summed E-state index contributed by atoms with van der Waals surface area (Å²) >= 11 is 0. The standard InChI is InChI=1S/C10H12N2O7S/c13-5-8(10(14)15)11-20(18,19)6-7-3-1-2-4-9(7)12(16)17/h1-4,8,11,13H,5-6H2,(H,14,15). The maximum Gasteiger partial charge on any atom is 0.324 e. The van der Waals surface area contributed by atoms with Crippen molar-refractivity contribution in [1.29, 1.82) is 0 Å². The number of rotatable bonds is 7. The van der Waals surface area contributed by atoms with Gasteiger partial charge in [0.25, 0.3) is 5.69 Å². The second kappa shape index (κ2) is 6.41. The Labute approximate surface area is 114 Å². The van der Waals surface area contributed by atoms with Gasteiger partial charge in [-0.05, 0) is 0 Å². The SMILES string of the molecule is O=C(O)C(CO)NS(=O)(=O)Cc1ccccc1[N+](=O)[O-]. The van der Waals surface area contributed by atoms with Crippen LogP contribution in [0.25, 0.3) is 0 Å². The van der Waals surface area contributed by atoms with E-state index >= 15 is 0 Å². The highest BCUT2D eigenvalue weighted by molar-refractivity contribution is 7.88. The minimum atomic E-state index is -4.14. The highest BCUT2D eigenvalue weighted by atomic mass is 32.2. The Kier molecular flexibility index (Phi) is 5.13. The lowest BCUT2D eigenvalue weighted by Gasteiger charge is -2.12. The topological polar surface area (TPSA) is 147 Å². The number of para-hydroxylation sites is 1. The number of nitro benzene ring substituents is 1. The molecule has 1 aromatic carbocycles. The van der Waals surface area contributed by atoms with Crippen molar-refractivity contribution in [3.8, 4) is 0 Å². The van der Waals surface area contributed by atoms with Crippen LogP contribution in [-0.4, -0.2) is 42.2 Å². The Bertz CT molecular complexity index is 614. The second-order valence-electron chi connectivity index (χ2n) is 3.84. The van der Waals surface area contributed by atoms with Gasteiger partial charge >= 0.3 is 5.97 Å². The van der Waals surface area contributed by atoms with Crippen LogP contribution in [0.15, 0.2) is 24.3 Å². The summed E-state index contributed by atoms with van der Waals surface area (Å²) in [4.78, 5) is 20.7. The van der Waals surface area contributed by atoms with Gasteiger partial charge in [0.2, 0.25) is 10.0 Å². The first-order valence-electron chi connectivity index (χ1n) is 5.33. The molecule has 0 spiro atoms. The summed E-state index contributed by atoms with van der Waals surface area (Å²) in [5.41, 5.74) is -0.458. The Morgan fingerprint density at radius 3 is 2.50 bits per heavy atom. The number of sulfonamides is 1. The van der Waals surface area contributed by atoms with Crippen molar-refractivity contribution in [2.24, 2.45) is 0 Å². The van der Waals surface area contributed by atoms with Crippen molar-refractivity contribution in [3.05, 3.63) is 39.9 Å². The molecule has 0 heterocycles. The molecule has 0 saturated heterocycles. The molecule has 1 aromatic rings. The lowest BCUT2D eigenvalue weighted by molar-refractivity contribution is -0.385. The first-order valence-corrected chi connectivity index (χ1v) is 6.98. The van der Waals surface area contributed by atoms with Crippen molar-refractivity contribution in [2.45, 2.75) is 11.8 Å². The van der Waals surface area contributed by atoms with Gasteiger partial charge in [-0.2, -0.15) is 4.72 Å². The number of aliphatic hydroxyl groups is 1. The largest absolute Gasteiger partial charge is 0.480 e. The number of aliphatic hydroxyl groups excluding tert-OH is 1. The molecule has 0 bridgehead atoms. The monoisotopic (exact) mass is 304 g/mol. The molecule has 0 aliphatic rings. The molecule has 1 unspecified atom stereocenters. The molecule has 0 aliphatic heterocycles. The van der Waals surface area contributed by atoms with Crippen LogP contribution in [0.2, 0.25) is 0 Å². The Balaban J connectivity index is 2.97. The Hall–Kier alpha value is -2.04. The van der Waals surface area contributed by atoms with Crippen molar-refractivity contribution in [3.63, 3.8) is 0 Å². The van der Waals surface area contributed by atoms with E-state index in [0.29, 0.717) is 0 Å². The van der Waals surface area contributed by atoms with Crippen molar-refractivity contribution < 1.29 is 28.3 Å². The molecule has 9 nitrogen and oxygen atoms in total. The average molecular weight is 304 g/mol. The van der Waals surface area contributed by atoms with Crippen LogP contribution in [0.5, 0.6) is 0 Å². The zero-order chi connectivity index (χ0) is 15.3. The number of carboxylic acids is 1. The van der Waals surface area contributed by atoms with E-state index in [0.717, 1.165) is 6.07 Å². The molecule has 1 atom stereocenters. The van der Waals surface area contributed by atoms with Crippen molar-refractivity contribution in [2.75, 3.05) is 6.61 Å². The number of nitro groups is 1. The molecule has 110 valence electrons. The summed E-state index contributed by atoms with van der Waals surface area (Å²) in [6, 6.07) is 3.52. The predicted molar refractivity (Wildman–Crippen MR) is 67.4 cm³/mol. The Morgan fingerprint density at radius 1 is 1.40 bits per heavy atom. The van der Waals surface area contributed by atoms with Gasteiger partial charge in [0.15, 0.2) is 0 Å². The normalized spacial score (nSPS) is 12.8. The van der Waals surface area contributed by atoms with Gasteiger partial charge in [-0.1, -0.05) is 18.2 Å². The minimum Gasteiger partial charge on any atom is -0.480 e. The predicted octanol–water partition coefficient (Wildman–Crippen LogP) is -0.540. The van der Waals surface area contributed by atoms with Crippen molar-refractivity contribution >= 4 is 21.7 Å². The number of nitrogens with zero attached hydrogens (tertiary/aromatic N) is 1. The van der Waals surface area contributed by atoms with Gasteiger partial charge in [0.1, 0.15) is 6.04 Å². The number of hydrogen-bond donors (Lipinski definition) is 3. The van der Waals surface area contributed by atoms with E-state index in [9.17, 15) is 23.3 Å². The van der Waals surface area contributed by atoms with E-state index in [1.54, 1.807) is 4.72 Å². The fourth-order valence-corrected chi connectivity index (χ4v) is 2.79. The smallest absolute Gasteiger partial charge is 0.324 e. The van der Waals surface area contributed by atoms with Crippen LogP contribution in [0, 0.1) is 10.1 Å². The summed E-state index contributed by atoms with van der Waals surface area (Å²) in [5.74, 6) is -2.30. The summed E-state index contributed by atoms with van der Waals surface area (Å²) in [6.07, 6.45) is 0. The molecular formula is C10H12N2O7S. The number of benzene rings is 1. The van der Waals surface area contributed by atoms with Crippen LogP contribution >= 0.6 is 0 Å².